The van der Waals surface area contributed by atoms with Gasteiger partial charge in [0.1, 0.15) is 0 Å². The average Bonchev–Trinajstić information content (AvgIpc) is 2.73. The predicted molar refractivity (Wildman–Crippen MR) is 67.9 cm³/mol. The van der Waals surface area contributed by atoms with Gasteiger partial charge in [-0.3, -0.25) is 4.90 Å². The summed E-state index contributed by atoms with van der Waals surface area (Å²) < 4.78 is 5.62. The molecule has 0 bridgehead atoms. The topological polar surface area (TPSA) is 58.7 Å². The van der Waals surface area contributed by atoms with E-state index < -0.39 is 0 Å². The van der Waals surface area contributed by atoms with Crippen molar-refractivity contribution in [1.29, 1.82) is 0 Å². The molecule has 0 aromatic heterocycles. The maximum Gasteiger partial charge on any atom is 0.0777 e. The van der Waals surface area contributed by atoms with Crippen molar-refractivity contribution < 1.29 is 9.84 Å². The van der Waals surface area contributed by atoms with Crippen LogP contribution in [0, 0.1) is 0 Å². The molecular formula is C13H26N2O2. The van der Waals surface area contributed by atoms with Crippen LogP contribution in [0.15, 0.2) is 0 Å². The minimum atomic E-state index is -0.342. The minimum Gasteiger partial charge on any atom is -0.394 e. The molecule has 2 fully saturated rings. The van der Waals surface area contributed by atoms with Crippen LogP contribution in [0.3, 0.4) is 0 Å². The molecular weight excluding hydrogens is 216 g/mol. The van der Waals surface area contributed by atoms with Crippen molar-refractivity contribution in [3.8, 4) is 0 Å². The van der Waals surface area contributed by atoms with E-state index in [0.717, 1.165) is 38.8 Å². The largest absolute Gasteiger partial charge is 0.394 e. The summed E-state index contributed by atoms with van der Waals surface area (Å²) in [6, 6.07) is 0.530. The third-order valence-corrected chi connectivity index (χ3v) is 4.63. The maximum atomic E-state index is 9.32. The Morgan fingerprint density at radius 3 is 2.82 bits per heavy atom. The molecule has 0 spiro atoms. The first kappa shape index (κ1) is 13.3. The lowest BCUT2D eigenvalue weighted by Crippen LogP contribution is -2.51. The van der Waals surface area contributed by atoms with Crippen molar-refractivity contribution in [3.63, 3.8) is 0 Å². The van der Waals surface area contributed by atoms with E-state index in [1.165, 1.54) is 6.42 Å². The van der Waals surface area contributed by atoms with Gasteiger partial charge in [0.15, 0.2) is 0 Å². The van der Waals surface area contributed by atoms with Gasteiger partial charge in [0, 0.05) is 25.2 Å². The highest BCUT2D eigenvalue weighted by Gasteiger charge is 2.41. The smallest absolute Gasteiger partial charge is 0.0777 e. The zero-order chi connectivity index (χ0) is 12.5. The van der Waals surface area contributed by atoms with Gasteiger partial charge in [-0.05, 0) is 45.6 Å². The Morgan fingerprint density at radius 1 is 1.47 bits per heavy atom. The van der Waals surface area contributed by atoms with Crippen LogP contribution in [-0.2, 0) is 4.74 Å². The van der Waals surface area contributed by atoms with Gasteiger partial charge in [0.25, 0.3) is 0 Å². The summed E-state index contributed by atoms with van der Waals surface area (Å²) in [6.07, 6.45) is 5.30. The highest BCUT2D eigenvalue weighted by molar-refractivity contribution is 4.99. The molecule has 3 atom stereocenters. The number of likely N-dealkylation sites (tertiary alicyclic amines) is 1. The van der Waals surface area contributed by atoms with Gasteiger partial charge in [-0.15, -0.1) is 0 Å². The van der Waals surface area contributed by atoms with E-state index >= 15 is 0 Å². The van der Waals surface area contributed by atoms with Crippen molar-refractivity contribution in [2.45, 2.75) is 56.2 Å². The lowest BCUT2D eigenvalue weighted by atomic mass is 9.92. The second-order valence-corrected chi connectivity index (χ2v) is 6.15. The van der Waals surface area contributed by atoms with E-state index in [0.29, 0.717) is 6.04 Å². The zero-order valence-corrected chi connectivity index (χ0v) is 11.1. The van der Waals surface area contributed by atoms with Crippen molar-refractivity contribution in [2.24, 2.45) is 5.73 Å². The van der Waals surface area contributed by atoms with Crippen molar-refractivity contribution in [3.05, 3.63) is 0 Å². The molecule has 1 heterocycles. The van der Waals surface area contributed by atoms with E-state index in [4.69, 9.17) is 10.5 Å². The number of ether oxygens (including phenoxy) is 1. The molecule has 1 aliphatic heterocycles. The SMILES string of the molecule is COC1(C)CCCN(C2CCC(N)(CO)C2)C1. The molecule has 17 heavy (non-hydrogen) atoms. The second-order valence-electron chi connectivity index (χ2n) is 6.15. The molecule has 4 heteroatoms. The minimum absolute atomic E-state index is 0.00267. The first-order valence-corrected chi connectivity index (χ1v) is 6.69. The van der Waals surface area contributed by atoms with Gasteiger partial charge in [-0.2, -0.15) is 0 Å². The van der Waals surface area contributed by atoms with Crippen LogP contribution in [0.2, 0.25) is 0 Å². The molecule has 4 nitrogen and oxygen atoms in total. The molecule has 100 valence electrons. The van der Waals surface area contributed by atoms with E-state index in [1.807, 2.05) is 0 Å². The van der Waals surface area contributed by atoms with Gasteiger partial charge in [0.05, 0.1) is 12.2 Å². The Kier molecular flexibility index (Phi) is 3.78. The summed E-state index contributed by atoms with van der Waals surface area (Å²) >= 11 is 0. The molecule has 0 aromatic rings. The fourth-order valence-corrected chi connectivity index (χ4v) is 3.30. The average molecular weight is 242 g/mol. The molecule has 3 unspecified atom stereocenters. The second kappa shape index (κ2) is 4.84. The van der Waals surface area contributed by atoms with Crippen molar-refractivity contribution >= 4 is 0 Å². The molecule has 1 saturated carbocycles. The number of nitrogens with two attached hydrogens (primary N) is 1. The van der Waals surface area contributed by atoms with E-state index in [9.17, 15) is 5.11 Å². The molecule has 3 N–H and O–H groups in total. The van der Waals surface area contributed by atoms with Crippen LogP contribution in [0.5, 0.6) is 0 Å². The number of aliphatic hydroxyl groups excluding tert-OH is 1. The van der Waals surface area contributed by atoms with Gasteiger partial charge in [-0.25, -0.2) is 0 Å². The maximum absolute atomic E-state index is 9.32. The lowest BCUT2D eigenvalue weighted by molar-refractivity contribution is -0.0612. The number of aliphatic hydroxyl groups is 1. The Balaban J connectivity index is 1.95. The van der Waals surface area contributed by atoms with Gasteiger partial charge >= 0.3 is 0 Å². The summed E-state index contributed by atoms with van der Waals surface area (Å²) in [5, 5.41) is 9.32. The molecule has 1 aliphatic carbocycles. The van der Waals surface area contributed by atoms with Gasteiger partial charge < -0.3 is 15.6 Å². The number of methoxy groups -OCH3 is 1. The van der Waals surface area contributed by atoms with E-state index in [2.05, 4.69) is 11.8 Å². The number of hydrogen-bond donors (Lipinski definition) is 2. The zero-order valence-electron chi connectivity index (χ0n) is 11.1. The normalized spacial score (nSPS) is 44.1. The fraction of sp³-hybridized carbons (Fsp3) is 1.00. The number of nitrogens with zero attached hydrogens (tertiary/aromatic N) is 1. The summed E-state index contributed by atoms with van der Waals surface area (Å²) in [5.74, 6) is 0. The third-order valence-electron chi connectivity index (χ3n) is 4.63. The van der Waals surface area contributed by atoms with Crippen LogP contribution in [0.1, 0.15) is 39.0 Å². The lowest BCUT2D eigenvalue weighted by Gasteiger charge is -2.42. The Hall–Kier alpha value is -0.160. The predicted octanol–water partition coefficient (Wildman–Crippen LogP) is 0.730. The highest BCUT2D eigenvalue weighted by atomic mass is 16.5. The quantitative estimate of drug-likeness (QED) is 0.766. The van der Waals surface area contributed by atoms with Crippen LogP contribution in [-0.4, -0.2) is 54.0 Å². The molecule has 2 rings (SSSR count). The highest BCUT2D eigenvalue weighted by Crippen LogP contribution is 2.34. The van der Waals surface area contributed by atoms with Crippen molar-refractivity contribution in [2.75, 3.05) is 26.8 Å². The van der Waals surface area contributed by atoms with Crippen molar-refractivity contribution in [1.82, 2.24) is 4.90 Å². The third kappa shape index (κ3) is 2.81. The summed E-state index contributed by atoms with van der Waals surface area (Å²) in [6.45, 7) is 4.44. The summed E-state index contributed by atoms with van der Waals surface area (Å²) in [5.41, 5.74) is 5.80. The van der Waals surface area contributed by atoms with Crippen LogP contribution < -0.4 is 5.73 Å². The molecule has 0 radical (unpaired) electrons. The fourth-order valence-electron chi connectivity index (χ4n) is 3.30. The first-order valence-electron chi connectivity index (χ1n) is 6.69. The number of piperidine rings is 1. The summed E-state index contributed by atoms with van der Waals surface area (Å²) in [7, 11) is 1.80. The standard InChI is InChI=1S/C13H26N2O2/c1-12(17-2)5-3-7-15(9-12)11-4-6-13(14,8-11)10-16/h11,16H,3-10,14H2,1-2H3. The number of hydrogen-bond acceptors (Lipinski definition) is 4. The van der Waals surface area contributed by atoms with Crippen LogP contribution in [0.4, 0.5) is 0 Å². The number of rotatable bonds is 3. The van der Waals surface area contributed by atoms with Gasteiger partial charge in [-0.1, -0.05) is 0 Å². The Morgan fingerprint density at radius 2 is 2.24 bits per heavy atom. The Bertz CT molecular complexity index is 274. The molecule has 1 saturated heterocycles. The molecule has 2 aliphatic rings. The van der Waals surface area contributed by atoms with E-state index in [1.54, 1.807) is 7.11 Å². The van der Waals surface area contributed by atoms with Crippen LogP contribution in [0.25, 0.3) is 0 Å². The Labute approximate surface area is 104 Å². The first-order chi connectivity index (χ1) is 8.00. The van der Waals surface area contributed by atoms with Crippen LogP contribution >= 0.6 is 0 Å². The molecule has 0 aromatic carbocycles. The summed E-state index contributed by atoms with van der Waals surface area (Å²) in [4.78, 5) is 2.51. The van der Waals surface area contributed by atoms with E-state index in [-0.39, 0.29) is 17.7 Å². The monoisotopic (exact) mass is 242 g/mol. The molecule has 0 amide bonds. The van der Waals surface area contributed by atoms with Gasteiger partial charge in [0.2, 0.25) is 0 Å².